The fourth-order valence-electron chi connectivity index (χ4n) is 3.13. The summed E-state index contributed by atoms with van der Waals surface area (Å²) in [6.45, 7) is 3.58. The lowest BCUT2D eigenvalue weighted by Gasteiger charge is -2.21. The van der Waals surface area contributed by atoms with Gasteiger partial charge in [-0.2, -0.15) is 0 Å². The molecule has 0 unspecified atom stereocenters. The number of benzene rings is 1. The molecule has 1 fully saturated rings. The maximum absolute atomic E-state index is 5.73. The largest absolute Gasteiger partial charge is 0.490 e. The van der Waals surface area contributed by atoms with Crippen LogP contribution in [0.5, 0.6) is 11.5 Å². The van der Waals surface area contributed by atoms with Crippen molar-refractivity contribution in [1.29, 1.82) is 0 Å². The van der Waals surface area contributed by atoms with Crippen LogP contribution in [0, 0.1) is 5.92 Å². The molecule has 0 aromatic heterocycles. The molecule has 0 atom stereocenters. The first kappa shape index (κ1) is 13.7. The Bertz CT molecular complexity index is 427. The summed E-state index contributed by atoms with van der Waals surface area (Å²) in [5.74, 6) is 2.67. The summed E-state index contributed by atoms with van der Waals surface area (Å²) in [7, 11) is 0. The molecule has 3 heteroatoms. The van der Waals surface area contributed by atoms with Crippen LogP contribution in [-0.4, -0.2) is 19.8 Å². The smallest absolute Gasteiger partial charge is 0.161 e. The molecule has 1 aliphatic heterocycles. The van der Waals surface area contributed by atoms with E-state index in [0.29, 0.717) is 0 Å². The van der Waals surface area contributed by atoms with E-state index in [0.717, 1.165) is 50.1 Å². The summed E-state index contributed by atoms with van der Waals surface area (Å²) < 4.78 is 11.4. The molecule has 3 rings (SSSR count). The van der Waals surface area contributed by atoms with Gasteiger partial charge in [0.05, 0.1) is 13.2 Å². The van der Waals surface area contributed by atoms with Crippen LogP contribution in [0.1, 0.15) is 44.1 Å². The van der Waals surface area contributed by atoms with Gasteiger partial charge >= 0.3 is 0 Å². The van der Waals surface area contributed by atoms with Crippen molar-refractivity contribution in [2.24, 2.45) is 5.92 Å². The number of rotatable bonds is 4. The van der Waals surface area contributed by atoms with Crippen LogP contribution >= 0.6 is 0 Å². The monoisotopic (exact) mass is 275 g/mol. The van der Waals surface area contributed by atoms with E-state index >= 15 is 0 Å². The molecule has 20 heavy (non-hydrogen) atoms. The van der Waals surface area contributed by atoms with E-state index in [1.165, 1.54) is 37.7 Å². The fraction of sp³-hybridized carbons (Fsp3) is 0.647. The molecule has 0 saturated heterocycles. The van der Waals surface area contributed by atoms with Crippen molar-refractivity contribution >= 4 is 0 Å². The van der Waals surface area contributed by atoms with E-state index in [1.54, 1.807) is 0 Å². The van der Waals surface area contributed by atoms with Crippen molar-refractivity contribution in [1.82, 2.24) is 5.32 Å². The quantitative estimate of drug-likeness (QED) is 0.912. The van der Waals surface area contributed by atoms with E-state index in [-0.39, 0.29) is 0 Å². The lowest BCUT2D eigenvalue weighted by Crippen LogP contribution is -2.24. The molecule has 3 nitrogen and oxygen atoms in total. The topological polar surface area (TPSA) is 30.5 Å². The Hall–Kier alpha value is -1.22. The van der Waals surface area contributed by atoms with Gasteiger partial charge in [0.1, 0.15) is 0 Å². The zero-order valence-corrected chi connectivity index (χ0v) is 12.2. The number of fused-ring (bicyclic) bond motifs is 1. The van der Waals surface area contributed by atoms with Crippen LogP contribution < -0.4 is 14.8 Å². The maximum atomic E-state index is 5.73. The zero-order valence-electron chi connectivity index (χ0n) is 12.2. The van der Waals surface area contributed by atoms with Crippen molar-refractivity contribution in [3.63, 3.8) is 0 Å². The third kappa shape index (κ3) is 3.66. The third-order valence-corrected chi connectivity index (χ3v) is 4.30. The first-order chi connectivity index (χ1) is 9.92. The summed E-state index contributed by atoms with van der Waals surface area (Å²) in [5.41, 5.74) is 1.28. The van der Waals surface area contributed by atoms with Gasteiger partial charge in [0.2, 0.25) is 0 Å². The van der Waals surface area contributed by atoms with Crippen LogP contribution in [-0.2, 0) is 6.54 Å². The van der Waals surface area contributed by atoms with Crippen LogP contribution in [0.2, 0.25) is 0 Å². The van der Waals surface area contributed by atoms with E-state index in [4.69, 9.17) is 9.47 Å². The Labute approximate surface area is 121 Å². The lowest BCUT2D eigenvalue weighted by atomic mass is 9.89. The van der Waals surface area contributed by atoms with Crippen LogP contribution in [0.3, 0.4) is 0 Å². The SMILES string of the molecule is c1cc2c(cc1CNCC1CCCCC1)OCCCO2. The first-order valence-corrected chi connectivity index (χ1v) is 8.01. The Morgan fingerprint density at radius 2 is 1.75 bits per heavy atom. The van der Waals surface area contributed by atoms with Crippen molar-refractivity contribution in [2.75, 3.05) is 19.8 Å². The predicted molar refractivity (Wildman–Crippen MR) is 80.3 cm³/mol. The summed E-state index contributed by atoms with van der Waals surface area (Å²) in [6.07, 6.45) is 8.01. The second kappa shape index (κ2) is 6.98. The van der Waals surface area contributed by atoms with Crippen LogP contribution in [0.25, 0.3) is 0 Å². The summed E-state index contributed by atoms with van der Waals surface area (Å²) in [5, 5.41) is 3.60. The Morgan fingerprint density at radius 3 is 2.60 bits per heavy atom. The van der Waals surface area contributed by atoms with Crippen LogP contribution in [0.15, 0.2) is 18.2 Å². The van der Waals surface area contributed by atoms with Crippen LogP contribution in [0.4, 0.5) is 0 Å². The summed E-state index contributed by atoms with van der Waals surface area (Å²) >= 11 is 0. The van der Waals surface area contributed by atoms with Crippen molar-refractivity contribution in [3.8, 4) is 11.5 Å². The second-order valence-electron chi connectivity index (χ2n) is 5.97. The molecule has 0 bridgehead atoms. The summed E-state index contributed by atoms with van der Waals surface area (Å²) in [4.78, 5) is 0. The van der Waals surface area contributed by atoms with Gasteiger partial charge in [-0.15, -0.1) is 0 Å². The molecule has 1 aromatic carbocycles. The highest BCUT2D eigenvalue weighted by molar-refractivity contribution is 5.43. The summed E-state index contributed by atoms with van der Waals surface area (Å²) in [6, 6.07) is 6.30. The molecule has 0 amide bonds. The molecule has 1 aromatic rings. The van der Waals surface area contributed by atoms with Gasteiger partial charge in [-0.3, -0.25) is 0 Å². The Balaban J connectivity index is 1.51. The zero-order chi connectivity index (χ0) is 13.6. The molecular weight excluding hydrogens is 250 g/mol. The average molecular weight is 275 g/mol. The normalized spacial score (nSPS) is 19.6. The molecule has 0 spiro atoms. The third-order valence-electron chi connectivity index (χ3n) is 4.30. The molecule has 1 saturated carbocycles. The Kier molecular flexibility index (Phi) is 4.80. The lowest BCUT2D eigenvalue weighted by molar-refractivity contribution is 0.297. The van der Waals surface area contributed by atoms with Gasteiger partial charge in [-0.1, -0.05) is 25.3 Å². The minimum atomic E-state index is 0.756. The molecule has 1 aliphatic carbocycles. The molecule has 110 valence electrons. The van der Waals surface area contributed by atoms with Crippen molar-refractivity contribution in [3.05, 3.63) is 23.8 Å². The molecular formula is C17H25NO2. The number of hydrogen-bond acceptors (Lipinski definition) is 3. The van der Waals surface area contributed by atoms with E-state index < -0.39 is 0 Å². The number of ether oxygens (including phenoxy) is 2. The standard InChI is InChI=1S/C17H25NO2/c1-2-5-14(6-3-1)12-18-13-15-7-8-16-17(11-15)20-10-4-9-19-16/h7-8,11,14,18H,1-6,9-10,12-13H2. The van der Waals surface area contributed by atoms with Gasteiger partial charge in [0.25, 0.3) is 0 Å². The Morgan fingerprint density at radius 1 is 0.950 bits per heavy atom. The highest BCUT2D eigenvalue weighted by Gasteiger charge is 2.13. The van der Waals surface area contributed by atoms with E-state index in [9.17, 15) is 0 Å². The average Bonchev–Trinajstić information content (AvgIpc) is 2.73. The maximum Gasteiger partial charge on any atom is 0.161 e. The molecule has 1 N–H and O–H groups in total. The van der Waals surface area contributed by atoms with E-state index in [2.05, 4.69) is 17.4 Å². The van der Waals surface area contributed by atoms with Gasteiger partial charge in [0.15, 0.2) is 11.5 Å². The minimum Gasteiger partial charge on any atom is -0.490 e. The van der Waals surface area contributed by atoms with E-state index in [1.807, 2.05) is 6.07 Å². The first-order valence-electron chi connectivity index (χ1n) is 8.01. The predicted octanol–water partition coefficient (Wildman–Crippen LogP) is 3.52. The van der Waals surface area contributed by atoms with Gasteiger partial charge in [-0.05, 0) is 43.0 Å². The van der Waals surface area contributed by atoms with Gasteiger partial charge < -0.3 is 14.8 Å². The molecule has 0 radical (unpaired) electrons. The molecule has 2 aliphatic rings. The van der Waals surface area contributed by atoms with Crippen molar-refractivity contribution in [2.45, 2.75) is 45.1 Å². The van der Waals surface area contributed by atoms with Gasteiger partial charge in [-0.25, -0.2) is 0 Å². The fourth-order valence-corrected chi connectivity index (χ4v) is 3.13. The highest BCUT2D eigenvalue weighted by atomic mass is 16.5. The molecule has 1 heterocycles. The number of nitrogens with one attached hydrogen (secondary N) is 1. The minimum absolute atomic E-state index is 0.756. The van der Waals surface area contributed by atoms with Crippen molar-refractivity contribution < 1.29 is 9.47 Å². The highest BCUT2D eigenvalue weighted by Crippen LogP contribution is 2.30. The number of hydrogen-bond donors (Lipinski definition) is 1. The van der Waals surface area contributed by atoms with Gasteiger partial charge in [0, 0.05) is 13.0 Å². The second-order valence-corrected chi connectivity index (χ2v) is 5.97.